The Labute approximate surface area is 133 Å². The van der Waals surface area contributed by atoms with Crippen LogP contribution < -0.4 is 14.8 Å². The van der Waals surface area contributed by atoms with Crippen molar-refractivity contribution in [1.82, 2.24) is 5.32 Å². The molecule has 0 spiro atoms. The summed E-state index contributed by atoms with van der Waals surface area (Å²) in [5.74, 6) is 1.66. The monoisotopic (exact) mass is 305 g/mol. The van der Waals surface area contributed by atoms with Gasteiger partial charge >= 0.3 is 0 Å². The van der Waals surface area contributed by atoms with Crippen LogP contribution in [0.1, 0.15) is 37.7 Å². The average molecular weight is 305 g/mol. The molecule has 22 heavy (non-hydrogen) atoms. The highest BCUT2D eigenvalue weighted by Gasteiger charge is 2.18. The Hall–Kier alpha value is -1.26. The van der Waals surface area contributed by atoms with Crippen LogP contribution in [0.15, 0.2) is 18.2 Å². The van der Waals surface area contributed by atoms with E-state index in [1.165, 1.54) is 24.8 Å². The fraction of sp³-hybridized carbons (Fsp3) is 0.667. The van der Waals surface area contributed by atoms with Crippen molar-refractivity contribution in [3.8, 4) is 11.5 Å². The Morgan fingerprint density at radius 2 is 2.14 bits per heavy atom. The third kappa shape index (κ3) is 4.14. The van der Waals surface area contributed by atoms with Gasteiger partial charge < -0.3 is 19.5 Å². The van der Waals surface area contributed by atoms with Gasteiger partial charge in [0, 0.05) is 12.6 Å². The largest absolute Gasteiger partial charge is 0.493 e. The normalized spacial score (nSPS) is 25.7. The third-order valence-electron chi connectivity index (χ3n) is 4.53. The first kappa shape index (κ1) is 15.6. The molecule has 0 amide bonds. The quantitative estimate of drug-likeness (QED) is 0.908. The lowest BCUT2D eigenvalue weighted by molar-refractivity contribution is 0.00643. The van der Waals surface area contributed by atoms with E-state index < -0.39 is 0 Å². The Kier molecular flexibility index (Phi) is 5.57. The van der Waals surface area contributed by atoms with E-state index in [-0.39, 0.29) is 6.10 Å². The summed E-state index contributed by atoms with van der Waals surface area (Å²) in [7, 11) is 1.71. The zero-order valence-electron chi connectivity index (χ0n) is 13.5. The molecule has 4 heteroatoms. The van der Waals surface area contributed by atoms with Crippen molar-refractivity contribution in [3.05, 3.63) is 23.8 Å². The molecule has 4 nitrogen and oxygen atoms in total. The minimum Gasteiger partial charge on any atom is -0.493 e. The van der Waals surface area contributed by atoms with Crippen LogP contribution in [0.2, 0.25) is 0 Å². The molecule has 0 saturated carbocycles. The Bertz CT molecular complexity index is 465. The van der Waals surface area contributed by atoms with Crippen LogP contribution in [0.5, 0.6) is 11.5 Å². The van der Waals surface area contributed by atoms with Gasteiger partial charge in [-0.05, 0) is 56.3 Å². The van der Waals surface area contributed by atoms with Gasteiger partial charge in [-0.3, -0.25) is 0 Å². The van der Waals surface area contributed by atoms with Crippen molar-refractivity contribution < 1.29 is 14.2 Å². The zero-order chi connectivity index (χ0) is 15.2. The summed E-state index contributed by atoms with van der Waals surface area (Å²) in [5, 5.41) is 3.60. The lowest BCUT2D eigenvalue weighted by Crippen LogP contribution is -2.35. The van der Waals surface area contributed by atoms with Crippen molar-refractivity contribution in [2.24, 2.45) is 0 Å². The first-order chi connectivity index (χ1) is 10.8. The standard InChI is InChI=1S/C18H27NO3/c1-20-18-12-14(11-15-5-2-3-9-19-15)7-8-17(18)22-16-6-4-10-21-13-16/h7-8,12,15-16,19H,2-6,9-11,13H2,1H3. The van der Waals surface area contributed by atoms with Gasteiger partial charge in [-0.15, -0.1) is 0 Å². The summed E-state index contributed by atoms with van der Waals surface area (Å²) in [6.07, 6.45) is 7.22. The molecule has 2 aliphatic heterocycles. The number of nitrogens with one attached hydrogen (secondary N) is 1. The van der Waals surface area contributed by atoms with E-state index in [9.17, 15) is 0 Å². The molecule has 3 rings (SSSR count). The molecule has 1 aromatic carbocycles. The van der Waals surface area contributed by atoms with Gasteiger partial charge in [0.1, 0.15) is 6.10 Å². The Morgan fingerprint density at radius 3 is 2.86 bits per heavy atom. The topological polar surface area (TPSA) is 39.7 Å². The second kappa shape index (κ2) is 7.84. The summed E-state index contributed by atoms with van der Waals surface area (Å²) >= 11 is 0. The molecule has 0 aliphatic carbocycles. The Morgan fingerprint density at radius 1 is 1.18 bits per heavy atom. The first-order valence-corrected chi connectivity index (χ1v) is 8.50. The molecule has 122 valence electrons. The van der Waals surface area contributed by atoms with E-state index in [2.05, 4.69) is 17.4 Å². The van der Waals surface area contributed by atoms with Crippen LogP contribution in [-0.4, -0.2) is 39.0 Å². The SMILES string of the molecule is COc1cc(CC2CCCCN2)ccc1OC1CCCOC1. The first-order valence-electron chi connectivity index (χ1n) is 8.50. The summed E-state index contributed by atoms with van der Waals surface area (Å²) in [4.78, 5) is 0. The molecule has 0 bridgehead atoms. The van der Waals surface area contributed by atoms with Crippen LogP contribution in [0, 0.1) is 0 Å². The van der Waals surface area contributed by atoms with Gasteiger partial charge in [-0.1, -0.05) is 12.5 Å². The van der Waals surface area contributed by atoms with E-state index in [0.717, 1.165) is 43.9 Å². The minimum atomic E-state index is 0.147. The van der Waals surface area contributed by atoms with Crippen molar-refractivity contribution >= 4 is 0 Å². The minimum absolute atomic E-state index is 0.147. The molecule has 0 radical (unpaired) electrons. The van der Waals surface area contributed by atoms with E-state index in [1.807, 2.05) is 6.07 Å². The summed E-state index contributed by atoms with van der Waals surface area (Å²) < 4.78 is 17.1. The molecule has 1 N–H and O–H groups in total. The maximum atomic E-state index is 6.06. The van der Waals surface area contributed by atoms with Crippen LogP contribution in [-0.2, 0) is 11.2 Å². The Balaban J connectivity index is 1.64. The molecule has 2 atom stereocenters. The number of hydrogen-bond acceptors (Lipinski definition) is 4. The molecule has 0 aromatic heterocycles. The van der Waals surface area contributed by atoms with Crippen molar-refractivity contribution in [2.75, 3.05) is 26.9 Å². The molecule has 2 unspecified atom stereocenters. The number of benzene rings is 1. The second-order valence-electron chi connectivity index (χ2n) is 6.29. The number of piperidine rings is 1. The maximum Gasteiger partial charge on any atom is 0.161 e. The maximum absolute atomic E-state index is 6.06. The third-order valence-corrected chi connectivity index (χ3v) is 4.53. The van der Waals surface area contributed by atoms with Gasteiger partial charge in [0.15, 0.2) is 11.5 Å². The molecule has 2 saturated heterocycles. The number of ether oxygens (including phenoxy) is 3. The van der Waals surface area contributed by atoms with E-state index >= 15 is 0 Å². The van der Waals surface area contributed by atoms with E-state index in [1.54, 1.807) is 7.11 Å². The smallest absolute Gasteiger partial charge is 0.161 e. The second-order valence-corrected chi connectivity index (χ2v) is 6.29. The van der Waals surface area contributed by atoms with Gasteiger partial charge in [0.25, 0.3) is 0 Å². The van der Waals surface area contributed by atoms with Gasteiger partial charge in [-0.2, -0.15) is 0 Å². The van der Waals surface area contributed by atoms with Crippen LogP contribution in [0.3, 0.4) is 0 Å². The molecule has 2 aliphatic rings. The highest BCUT2D eigenvalue weighted by molar-refractivity contribution is 5.43. The molecule has 2 heterocycles. The number of methoxy groups -OCH3 is 1. The summed E-state index contributed by atoms with van der Waals surface area (Å²) in [6, 6.07) is 6.93. The average Bonchev–Trinajstić information content (AvgIpc) is 2.58. The number of hydrogen-bond donors (Lipinski definition) is 1. The summed E-state index contributed by atoms with van der Waals surface area (Å²) in [6.45, 7) is 2.67. The lowest BCUT2D eigenvalue weighted by atomic mass is 9.97. The van der Waals surface area contributed by atoms with Crippen LogP contribution >= 0.6 is 0 Å². The molecular weight excluding hydrogens is 278 g/mol. The fourth-order valence-electron chi connectivity index (χ4n) is 3.30. The highest BCUT2D eigenvalue weighted by atomic mass is 16.5. The zero-order valence-corrected chi connectivity index (χ0v) is 13.5. The van der Waals surface area contributed by atoms with Crippen LogP contribution in [0.25, 0.3) is 0 Å². The van der Waals surface area contributed by atoms with Crippen molar-refractivity contribution in [3.63, 3.8) is 0 Å². The van der Waals surface area contributed by atoms with Crippen LogP contribution in [0.4, 0.5) is 0 Å². The van der Waals surface area contributed by atoms with Gasteiger partial charge in [0.2, 0.25) is 0 Å². The highest BCUT2D eigenvalue weighted by Crippen LogP contribution is 2.31. The molecule has 1 aromatic rings. The van der Waals surface area contributed by atoms with Crippen molar-refractivity contribution in [1.29, 1.82) is 0 Å². The number of rotatable bonds is 5. The van der Waals surface area contributed by atoms with Gasteiger partial charge in [-0.25, -0.2) is 0 Å². The lowest BCUT2D eigenvalue weighted by Gasteiger charge is -2.25. The van der Waals surface area contributed by atoms with E-state index in [0.29, 0.717) is 12.6 Å². The van der Waals surface area contributed by atoms with E-state index in [4.69, 9.17) is 14.2 Å². The van der Waals surface area contributed by atoms with Crippen molar-refractivity contribution in [2.45, 2.75) is 50.7 Å². The fourth-order valence-corrected chi connectivity index (χ4v) is 3.30. The summed E-state index contributed by atoms with van der Waals surface area (Å²) in [5.41, 5.74) is 1.31. The van der Waals surface area contributed by atoms with Gasteiger partial charge in [0.05, 0.1) is 13.7 Å². The predicted octanol–water partition coefficient (Wildman–Crippen LogP) is 2.94. The predicted molar refractivity (Wildman–Crippen MR) is 86.8 cm³/mol. The molecule has 2 fully saturated rings. The molecular formula is C18H27NO3.